The van der Waals surface area contributed by atoms with E-state index in [1.807, 2.05) is 0 Å². The molecule has 0 amide bonds. The fraction of sp³-hybridized carbons (Fsp3) is 0. The minimum atomic E-state index is -0.563. The van der Waals surface area contributed by atoms with Crippen LogP contribution in [0.4, 0.5) is 0 Å². The van der Waals surface area contributed by atoms with Gasteiger partial charge in [-0.25, -0.2) is 4.98 Å². The normalized spacial score (nSPS) is 10.6. The van der Waals surface area contributed by atoms with Crippen molar-refractivity contribution >= 4 is 50.9 Å². The second-order valence-corrected chi connectivity index (χ2v) is 4.02. The van der Waals surface area contributed by atoms with Crippen LogP contribution in [-0.4, -0.2) is 10.2 Å². The van der Waals surface area contributed by atoms with Crippen LogP contribution in [0.3, 0.4) is 0 Å². The maximum absolute atomic E-state index is 11.1. The van der Waals surface area contributed by atoms with Crippen molar-refractivity contribution in [2.75, 3.05) is 0 Å². The highest BCUT2D eigenvalue weighted by Gasteiger charge is 2.10. The van der Waals surface area contributed by atoms with Gasteiger partial charge in [0.15, 0.2) is 0 Å². The summed E-state index contributed by atoms with van der Waals surface area (Å²) in [4.78, 5) is 15.1. The van der Waals surface area contributed by atoms with Gasteiger partial charge in [0.25, 0.3) is 5.24 Å². The monoisotopic (exact) mass is 259 g/mol. The molecule has 0 saturated carbocycles. The summed E-state index contributed by atoms with van der Waals surface area (Å²) in [5.41, 5.74) is 0.791. The Balaban J connectivity index is 2.86. The fourth-order valence-electron chi connectivity index (χ4n) is 1.31. The van der Waals surface area contributed by atoms with Crippen LogP contribution in [0, 0.1) is 0 Å². The topological polar surface area (TPSA) is 30.0 Å². The van der Waals surface area contributed by atoms with Gasteiger partial charge in [-0.2, -0.15) is 0 Å². The van der Waals surface area contributed by atoms with Crippen molar-refractivity contribution < 1.29 is 4.79 Å². The van der Waals surface area contributed by atoms with E-state index in [-0.39, 0.29) is 5.15 Å². The van der Waals surface area contributed by atoms with Crippen LogP contribution in [0.15, 0.2) is 24.3 Å². The molecule has 0 atom stereocenters. The second-order valence-electron chi connectivity index (χ2n) is 2.91. The Morgan fingerprint density at radius 2 is 2.00 bits per heavy atom. The quantitative estimate of drug-likeness (QED) is 0.574. The average molecular weight is 261 g/mol. The highest BCUT2D eigenvalue weighted by molar-refractivity contribution is 6.68. The van der Waals surface area contributed by atoms with Crippen LogP contribution in [0.1, 0.15) is 10.4 Å². The molecule has 0 fully saturated rings. The van der Waals surface area contributed by atoms with Crippen LogP contribution in [0.2, 0.25) is 10.2 Å². The van der Waals surface area contributed by atoms with Crippen molar-refractivity contribution in [2.24, 2.45) is 0 Å². The first-order valence-corrected chi connectivity index (χ1v) is 5.17. The summed E-state index contributed by atoms with van der Waals surface area (Å²) >= 11 is 17.0. The zero-order chi connectivity index (χ0) is 11.0. The minimum Gasteiger partial charge on any atom is -0.276 e. The smallest absolute Gasteiger partial charge is 0.254 e. The van der Waals surface area contributed by atoms with Gasteiger partial charge in [-0.3, -0.25) is 4.79 Å². The van der Waals surface area contributed by atoms with Gasteiger partial charge < -0.3 is 0 Å². The van der Waals surface area contributed by atoms with Crippen molar-refractivity contribution in [2.45, 2.75) is 0 Å². The Labute approximate surface area is 101 Å². The molecule has 1 heterocycles. The number of fused-ring (bicyclic) bond motifs is 1. The van der Waals surface area contributed by atoms with E-state index in [0.29, 0.717) is 16.1 Å². The standard InChI is InChI=1S/C10H4Cl3NO/c11-7-4-5-2-1-3-6(10(13)15)8(5)14-9(7)12/h1-4H. The number of carbonyl (C=O) groups is 1. The van der Waals surface area contributed by atoms with Crippen molar-refractivity contribution in [1.82, 2.24) is 4.98 Å². The number of para-hydroxylation sites is 1. The number of hydrogen-bond donors (Lipinski definition) is 0. The third kappa shape index (κ3) is 1.93. The lowest BCUT2D eigenvalue weighted by Gasteiger charge is -2.03. The van der Waals surface area contributed by atoms with Crippen LogP contribution < -0.4 is 0 Å². The summed E-state index contributed by atoms with van der Waals surface area (Å²) in [5, 5.41) is 0.681. The van der Waals surface area contributed by atoms with Gasteiger partial charge in [-0.15, -0.1) is 0 Å². The number of aromatic nitrogens is 1. The van der Waals surface area contributed by atoms with Gasteiger partial charge in [-0.05, 0) is 23.7 Å². The molecule has 0 aliphatic rings. The number of carbonyl (C=O) groups excluding carboxylic acids is 1. The third-order valence-corrected chi connectivity index (χ3v) is 2.84. The van der Waals surface area contributed by atoms with E-state index in [4.69, 9.17) is 34.8 Å². The number of pyridine rings is 1. The molecule has 0 bridgehead atoms. The fourth-order valence-corrected chi connectivity index (χ4v) is 1.76. The van der Waals surface area contributed by atoms with E-state index in [2.05, 4.69) is 4.98 Å². The van der Waals surface area contributed by atoms with E-state index >= 15 is 0 Å². The van der Waals surface area contributed by atoms with E-state index < -0.39 is 5.24 Å². The van der Waals surface area contributed by atoms with Gasteiger partial charge in [0.05, 0.1) is 16.1 Å². The van der Waals surface area contributed by atoms with Crippen LogP contribution in [-0.2, 0) is 0 Å². The summed E-state index contributed by atoms with van der Waals surface area (Å²) in [7, 11) is 0. The number of rotatable bonds is 1. The van der Waals surface area contributed by atoms with Crippen molar-refractivity contribution in [3.63, 3.8) is 0 Å². The molecule has 2 aromatic rings. The minimum absolute atomic E-state index is 0.162. The number of halogens is 3. The van der Waals surface area contributed by atoms with Gasteiger partial charge in [0.1, 0.15) is 5.15 Å². The van der Waals surface area contributed by atoms with Crippen LogP contribution >= 0.6 is 34.8 Å². The van der Waals surface area contributed by atoms with Crippen molar-refractivity contribution in [3.05, 3.63) is 40.0 Å². The van der Waals surface area contributed by atoms with E-state index in [0.717, 1.165) is 5.39 Å². The molecule has 0 unspecified atom stereocenters. The molecule has 15 heavy (non-hydrogen) atoms. The van der Waals surface area contributed by atoms with E-state index in [1.54, 1.807) is 24.3 Å². The molecular weight excluding hydrogens is 256 g/mol. The molecule has 2 nitrogen and oxygen atoms in total. The van der Waals surface area contributed by atoms with Crippen molar-refractivity contribution in [1.29, 1.82) is 0 Å². The Bertz CT molecular complexity index is 554. The van der Waals surface area contributed by atoms with Gasteiger partial charge >= 0.3 is 0 Å². The molecule has 76 valence electrons. The first-order valence-electron chi connectivity index (χ1n) is 4.04. The number of nitrogens with zero attached hydrogens (tertiary/aromatic N) is 1. The van der Waals surface area contributed by atoms with Gasteiger partial charge in [-0.1, -0.05) is 35.3 Å². The SMILES string of the molecule is O=C(Cl)c1cccc2cc(Cl)c(Cl)nc12. The molecule has 0 radical (unpaired) electrons. The lowest BCUT2D eigenvalue weighted by molar-refractivity contribution is 0.108. The molecular formula is C10H4Cl3NO. The molecule has 0 saturated heterocycles. The Hall–Kier alpha value is -0.830. The summed E-state index contributed by atoms with van der Waals surface area (Å²) < 4.78 is 0. The van der Waals surface area contributed by atoms with Crippen LogP contribution in [0.25, 0.3) is 10.9 Å². The molecule has 0 N–H and O–H groups in total. The molecule has 0 aliphatic carbocycles. The first-order chi connectivity index (χ1) is 7.09. The van der Waals surface area contributed by atoms with Crippen LogP contribution in [0.5, 0.6) is 0 Å². The Morgan fingerprint density at radius 1 is 1.27 bits per heavy atom. The van der Waals surface area contributed by atoms with E-state index in [9.17, 15) is 4.79 Å². The molecule has 2 rings (SSSR count). The Kier molecular flexibility index (Phi) is 2.83. The van der Waals surface area contributed by atoms with Gasteiger partial charge in [0, 0.05) is 5.39 Å². The lowest BCUT2D eigenvalue weighted by Crippen LogP contribution is -1.93. The predicted molar refractivity (Wildman–Crippen MR) is 61.9 cm³/mol. The summed E-state index contributed by atoms with van der Waals surface area (Å²) in [6.07, 6.45) is 0. The van der Waals surface area contributed by atoms with Crippen molar-refractivity contribution in [3.8, 4) is 0 Å². The summed E-state index contributed by atoms with van der Waals surface area (Å²) in [6, 6.07) is 6.74. The highest BCUT2D eigenvalue weighted by Crippen LogP contribution is 2.26. The maximum Gasteiger partial charge on any atom is 0.254 e. The molecule has 5 heteroatoms. The summed E-state index contributed by atoms with van der Waals surface area (Å²) in [6.45, 7) is 0. The zero-order valence-electron chi connectivity index (χ0n) is 7.30. The molecule has 1 aromatic carbocycles. The zero-order valence-corrected chi connectivity index (χ0v) is 9.57. The van der Waals surface area contributed by atoms with Gasteiger partial charge in [0.2, 0.25) is 0 Å². The molecule has 0 spiro atoms. The van der Waals surface area contributed by atoms with E-state index in [1.165, 1.54) is 0 Å². The second kappa shape index (κ2) is 3.97. The molecule has 0 aliphatic heterocycles. The number of hydrogen-bond acceptors (Lipinski definition) is 2. The first kappa shape index (κ1) is 10.7. The average Bonchev–Trinajstić information content (AvgIpc) is 2.18. The summed E-state index contributed by atoms with van der Waals surface area (Å²) in [5.74, 6) is 0. The highest BCUT2D eigenvalue weighted by atomic mass is 35.5. The molecule has 1 aromatic heterocycles. The lowest BCUT2D eigenvalue weighted by atomic mass is 10.1. The maximum atomic E-state index is 11.1. The predicted octanol–water partition coefficient (Wildman–Crippen LogP) is 3.92. The third-order valence-electron chi connectivity index (χ3n) is 1.97. The Morgan fingerprint density at radius 3 is 2.67 bits per heavy atom. The largest absolute Gasteiger partial charge is 0.276 e. The number of benzene rings is 1.